The van der Waals surface area contributed by atoms with Crippen LogP contribution in [0.2, 0.25) is 0 Å². The Morgan fingerprint density at radius 2 is 0.806 bits per heavy atom. The van der Waals surface area contributed by atoms with Crippen molar-refractivity contribution >= 4 is 21.8 Å². The van der Waals surface area contributed by atoms with Gasteiger partial charge in [-0.1, -0.05) is 194 Å². The highest BCUT2D eigenvalue weighted by atomic mass is 15.0. The van der Waals surface area contributed by atoms with E-state index < -0.39 is 5.41 Å². The van der Waals surface area contributed by atoms with Crippen molar-refractivity contribution in [2.75, 3.05) is 0 Å². The molecule has 0 unspecified atom stereocenters. The molecule has 11 aromatic rings. The summed E-state index contributed by atoms with van der Waals surface area (Å²) in [4.78, 5) is 14.8. The average molecular weight is 789 g/mol. The van der Waals surface area contributed by atoms with Crippen LogP contribution in [-0.2, 0) is 5.41 Å². The molecule has 0 radical (unpaired) electrons. The summed E-state index contributed by atoms with van der Waals surface area (Å²) in [5.41, 5.74) is 18.9. The number of hydrogen-bond acceptors (Lipinski definition) is 3. The van der Waals surface area contributed by atoms with Gasteiger partial charge in [-0.3, -0.25) is 0 Å². The highest BCUT2D eigenvalue weighted by Crippen LogP contribution is 2.64. The zero-order chi connectivity index (χ0) is 40.8. The lowest BCUT2D eigenvalue weighted by Gasteiger charge is -2.30. The molecule has 4 nitrogen and oxygen atoms in total. The summed E-state index contributed by atoms with van der Waals surface area (Å²) < 4.78 is 2.45. The molecular weight excluding hydrogens is 753 g/mol. The third kappa shape index (κ3) is 4.92. The van der Waals surface area contributed by atoms with Gasteiger partial charge in [0.15, 0.2) is 17.5 Å². The van der Waals surface area contributed by atoms with Gasteiger partial charge in [0.05, 0.1) is 16.4 Å². The Hall–Kier alpha value is -8.21. The van der Waals surface area contributed by atoms with Crippen molar-refractivity contribution in [3.8, 4) is 73.2 Å². The normalized spacial score (nSPS) is 13.0. The Morgan fingerprint density at radius 3 is 1.44 bits per heavy atom. The van der Waals surface area contributed by atoms with Crippen LogP contribution in [0.15, 0.2) is 218 Å². The minimum atomic E-state index is -0.393. The zero-order valence-electron chi connectivity index (χ0n) is 33.6. The van der Waals surface area contributed by atoms with Gasteiger partial charge in [-0.2, -0.15) is 0 Å². The molecule has 0 atom stereocenters. The van der Waals surface area contributed by atoms with E-state index in [0.717, 1.165) is 33.5 Å². The third-order valence-electron chi connectivity index (χ3n) is 13.1. The summed E-state index contributed by atoms with van der Waals surface area (Å²) in [6.45, 7) is 0. The lowest BCUT2D eigenvalue weighted by Crippen LogP contribution is -2.25. The molecule has 9 aromatic carbocycles. The number of nitrogens with zero attached hydrogens (tertiary/aromatic N) is 4. The molecule has 13 rings (SSSR count). The fraction of sp³-hybridized carbons (Fsp3) is 0.0172. The Morgan fingerprint density at radius 1 is 0.323 bits per heavy atom. The number of rotatable bonds is 5. The van der Waals surface area contributed by atoms with Crippen LogP contribution in [0.3, 0.4) is 0 Å². The van der Waals surface area contributed by atoms with Crippen molar-refractivity contribution < 1.29 is 0 Å². The van der Waals surface area contributed by atoms with E-state index in [1.165, 1.54) is 66.3 Å². The van der Waals surface area contributed by atoms with E-state index in [9.17, 15) is 0 Å². The lowest BCUT2D eigenvalue weighted by atomic mass is 9.70. The zero-order valence-corrected chi connectivity index (χ0v) is 33.6. The van der Waals surface area contributed by atoms with Crippen LogP contribution >= 0.6 is 0 Å². The molecule has 62 heavy (non-hydrogen) atoms. The molecule has 4 heteroatoms. The van der Waals surface area contributed by atoms with Crippen molar-refractivity contribution in [1.29, 1.82) is 0 Å². The highest BCUT2D eigenvalue weighted by molar-refractivity contribution is 6.19. The van der Waals surface area contributed by atoms with Gasteiger partial charge in [0, 0.05) is 33.2 Å². The summed E-state index contributed by atoms with van der Waals surface area (Å²) in [5, 5.41) is 2.55. The Balaban J connectivity index is 0.950. The number of para-hydroxylation sites is 1. The molecule has 2 heterocycles. The number of hydrogen-bond donors (Lipinski definition) is 0. The summed E-state index contributed by atoms with van der Waals surface area (Å²) in [6.07, 6.45) is 0. The molecule has 0 saturated carbocycles. The topological polar surface area (TPSA) is 43.6 Å². The molecular formula is C58H36N4. The quantitative estimate of drug-likeness (QED) is 0.174. The summed E-state index contributed by atoms with van der Waals surface area (Å²) >= 11 is 0. The summed E-state index contributed by atoms with van der Waals surface area (Å²) in [5.74, 6) is 1.95. The molecule has 2 aromatic heterocycles. The Kier molecular flexibility index (Phi) is 7.49. The number of fused-ring (bicyclic) bond motifs is 14. The van der Waals surface area contributed by atoms with Crippen LogP contribution in [-0.4, -0.2) is 19.5 Å². The summed E-state index contributed by atoms with van der Waals surface area (Å²) in [7, 11) is 0. The Bertz CT molecular complexity index is 3460. The van der Waals surface area contributed by atoms with Gasteiger partial charge in [-0.05, 0) is 79.9 Å². The Labute approximate surface area is 359 Å². The molecule has 2 aliphatic carbocycles. The van der Waals surface area contributed by atoms with Crippen LogP contribution in [0.5, 0.6) is 0 Å². The van der Waals surface area contributed by atoms with E-state index in [-0.39, 0.29) is 0 Å². The standard InChI is InChI=1S/C58H36N4/c1-3-16-38(17-4-1)55-59-56(39-18-5-2-6-19-39)61-57(60-55)40-32-30-37(31-33-40)41-20-15-21-42(36-41)62-51-29-14-10-25-46(51)54-52(62)35-34-50-53(54)45-24-9-13-28-49(45)58(50)47-26-11-7-22-43(47)44-23-8-12-27-48(44)58/h1-36H. The maximum atomic E-state index is 4.97. The predicted octanol–water partition coefficient (Wildman–Crippen LogP) is 14.0. The summed E-state index contributed by atoms with van der Waals surface area (Å²) in [6, 6.07) is 78.6. The van der Waals surface area contributed by atoms with Crippen LogP contribution < -0.4 is 0 Å². The van der Waals surface area contributed by atoms with Crippen molar-refractivity contribution in [3.05, 3.63) is 241 Å². The minimum Gasteiger partial charge on any atom is -0.309 e. The molecule has 0 N–H and O–H groups in total. The maximum Gasteiger partial charge on any atom is 0.164 e. The minimum absolute atomic E-state index is 0.393. The van der Waals surface area contributed by atoms with Crippen LogP contribution in [0.4, 0.5) is 0 Å². The second kappa shape index (κ2) is 13.4. The smallest absolute Gasteiger partial charge is 0.164 e. The molecule has 2 aliphatic rings. The van der Waals surface area contributed by atoms with E-state index >= 15 is 0 Å². The van der Waals surface area contributed by atoms with Crippen LogP contribution in [0, 0.1) is 0 Å². The second-order valence-corrected chi connectivity index (χ2v) is 16.3. The first kappa shape index (κ1) is 34.6. The monoisotopic (exact) mass is 788 g/mol. The number of aromatic nitrogens is 4. The second-order valence-electron chi connectivity index (χ2n) is 16.3. The molecule has 288 valence electrons. The lowest BCUT2D eigenvalue weighted by molar-refractivity contribution is 0.794. The van der Waals surface area contributed by atoms with Gasteiger partial charge in [0.25, 0.3) is 0 Å². The van der Waals surface area contributed by atoms with Crippen molar-refractivity contribution in [2.24, 2.45) is 0 Å². The van der Waals surface area contributed by atoms with Gasteiger partial charge >= 0.3 is 0 Å². The van der Waals surface area contributed by atoms with Crippen molar-refractivity contribution in [2.45, 2.75) is 5.41 Å². The van der Waals surface area contributed by atoms with E-state index in [4.69, 9.17) is 15.0 Å². The molecule has 0 bridgehead atoms. The van der Waals surface area contributed by atoms with E-state index in [1.807, 2.05) is 60.7 Å². The fourth-order valence-electron chi connectivity index (χ4n) is 10.5. The first-order valence-electron chi connectivity index (χ1n) is 21.2. The number of benzene rings is 9. The average Bonchev–Trinajstić information content (AvgIpc) is 3.96. The molecule has 0 fully saturated rings. The highest BCUT2D eigenvalue weighted by Gasteiger charge is 2.52. The molecule has 0 amide bonds. The molecule has 0 aliphatic heterocycles. The largest absolute Gasteiger partial charge is 0.309 e. The van der Waals surface area contributed by atoms with Gasteiger partial charge in [-0.25, -0.2) is 15.0 Å². The van der Waals surface area contributed by atoms with Crippen LogP contribution in [0.1, 0.15) is 22.3 Å². The van der Waals surface area contributed by atoms with Gasteiger partial charge in [0.1, 0.15) is 0 Å². The van der Waals surface area contributed by atoms with Gasteiger partial charge in [0.2, 0.25) is 0 Å². The third-order valence-corrected chi connectivity index (χ3v) is 13.1. The van der Waals surface area contributed by atoms with Crippen molar-refractivity contribution in [1.82, 2.24) is 19.5 Å². The van der Waals surface area contributed by atoms with Crippen molar-refractivity contribution in [3.63, 3.8) is 0 Å². The van der Waals surface area contributed by atoms with Crippen LogP contribution in [0.25, 0.3) is 95.0 Å². The van der Waals surface area contributed by atoms with E-state index in [0.29, 0.717) is 17.5 Å². The van der Waals surface area contributed by atoms with Gasteiger partial charge in [-0.15, -0.1) is 0 Å². The first-order valence-corrected chi connectivity index (χ1v) is 21.2. The molecule has 1 spiro atoms. The maximum absolute atomic E-state index is 4.97. The molecule has 0 saturated heterocycles. The first-order chi connectivity index (χ1) is 30.8. The predicted molar refractivity (Wildman–Crippen MR) is 252 cm³/mol. The van der Waals surface area contributed by atoms with E-state index in [1.54, 1.807) is 0 Å². The van der Waals surface area contributed by atoms with E-state index in [2.05, 4.69) is 162 Å². The fourth-order valence-corrected chi connectivity index (χ4v) is 10.5. The SMILES string of the molecule is c1ccc(-c2nc(-c3ccccc3)nc(-c3ccc(-c4cccc(-n5c6ccccc6c6c7c(ccc65)C5(c6ccccc6-c6ccccc65)c5ccccc5-7)c4)cc3)n2)cc1. The van der Waals surface area contributed by atoms with Gasteiger partial charge < -0.3 is 4.57 Å².